The van der Waals surface area contributed by atoms with Crippen LogP contribution in [0, 0.1) is 0 Å². The Hall–Kier alpha value is -1.81. The number of aldehydes is 1. The zero-order chi connectivity index (χ0) is 12.0. The maximum atomic E-state index is 10.9. The van der Waals surface area contributed by atoms with E-state index in [1.54, 1.807) is 18.4 Å². The summed E-state index contributed by atoms with van der Waals surface area (Å²) in [4.78, 5) is 10.9. The number of rotatable bonds is 2. The molecule has 0 N–H and O–H groups in total. The van der Waals surface area contributed by atoms with Crippen molar-refractivity contribution in [1.82, 2.24) is 4.57 Å². The second kappa shape index (κ2) is 3.60. The lowest BCUT2D eigenvalue weighted by Gasteiger charge is -2.01. The molecule has 0 amide bonds. The van der Waals surface area contributed by atoms with E-state index in [-0.39, 0.29) is 0 Å². The average Bonchev–Trinajstić information content (AvgIpc) is 2.85. The average molecular weight is 245 g/mol. The van der Waals surface area contributed by atoms with E-state index in [2.05, 4.69) is 6.07 Å². The highest BCUT2D eigenvalue weighted by atomic mass is 32.1. The monoisotopic (exact) mass is 245 g/mol. The van der Waals surface area contributed by atoms with Gasteiger partial charge in [-0.3, -0.25) is 4.79 Å². The van der Waals surface area contributed by atoms with Crippen LogP contribution < -0.4 is 4.74 Å². The highest BCUT2D eigenvalue weighted by Gasteiger charge is 2.12. The number of ether oxygens (including phenoxy) is 1. The Morgan fingerprint density at radius 1 is 1.29 bits per heavy atom. The minimum atomic E-state index is 0.705. The second-order valence-corrected chi connectivity index (χ2v) is 5.01. The number of nitrogens with zero attached hydrogens (tertiary/aromatic N) is 1. The molecule has 3 nitrogen and oxygen atoms in total. The third kappa shape index (κ3) is 1.37. The van der Waals surface area contributed by atoms with Gasteiger partial charge < -0.3 is 9.30 Å². The Morgan fingerprint density at radius 2 is 2.12 bits per heavy atom. The van der Waals surface area contributed by atoms with Crippen LogP contribution in [-0.4, -0.2) is 18.0 Å². The van der Waals surface area contributed by atoms with Crippen molar-refractivity contribution in [3.05, 3.63) is 30.0 Å². The normalized spacial score (nSPS) is 11.2. The van der Waals surface area contributed by atoms with Gasteiger partial charge in [0.05, 0.1) is 23.0 Å². The zero-order valence-corrected chi connectivity index (χ0v) is 10.4. The number of benzene rings is 1. The number of thiophene rings is 1. The van der Waals surface area contributed by atoms with E-state index in [1.165, 1.54) is 4.70 Å². The summed E-state index contributed by atoms with van der Waals surface area (Å²) in [5, 5.41) is 1.14. The number of aromatic nitrogens is 1. The van der Waals surface area contributed by atoms with Gasteiger partial charge in [0, 0.05) is 17.1 Å². The number of carbonyl (C=O) groups excluding carboxylic acids is 1. The molecule has 17 heavy (non-hydrogen) atoms. The quantitative estimate of drug-likeness (QED) is 0.649. The van der Waals surface area contributed by atoms with E-state index >= 15 is 0 Å². The van der Waals surface area contributed by atoms with Crippen LogP contribution in [0.2, 0.25) is 0 Å². The molecular weight excluding hydrogens is 234 g/mol. The molecule has 0 fully saturated rings. The van der Waals surface area contributed by atoms with Crippen molar-refractivity contribution in [2.24, 2.45) is 7.05 Å². The van der Waals surface area contributed by atoms with E-state index in [1.807, 2.05) is 29.8 Å². The fourth-order valence-electron chi connectivity index (χ4n) is 2.13. The summed E-state index contributed by atoms with van der Waals surface area (Å²) in [5.41, 5.74) is 1.81. The van der Waals surface area contributed by atoms with Gasteiger partial charge in [0.15, 0.2) is 6.29 Å². The number of hydrogen-bond acceptors (Lipinski definition) is 3. The molecule has 2 heterocycles. The Kier molecular flexibility index (Phi) is 2.19. The first-order chi connectivity index (χ1) is 8.24. The third-order valence-electron chi connectivity index (χ3n) is 3.02. The molecule has 1 aromatic carbocycles. The predicted molar refractivity (Wildman–Crippen MR) is 70.2 cm³/mol. The van der Waals surface area contributed by atoms with Gasteiger partial charge in [0.25, 0.3) is 0 Å². The molecule has 3 rings (SSSR count). The Balaban J connectivity index is 2.45. The summed E-state index contributed by atoms with van der Waals surface area (Å²) in [5.74, 6) is 0.839. The van der Waals surface area contributed by atoms with Gasteiger partial charge >= 0.3 is 0 Å². The van der Waals surface area contributed by atoms with Crippen molar-refractivity contribution in [3.8, 4) is 5.75 Å². The third-order valence-corrected chi connectivity index (χ3v) is 4.12. The van der Waals surface area contributed by atoms with Crippen molar-refractivity contribution in [1.29, 1.82) is 0 Å². The molecular formula is C13H11NO2S. The fourth-order valence-corrected chi connectivity index (χ4v) is 3.29. The molecule has 4 heteroatoms. The van der Waals surface area contributed by atoms with Crippen LogP contribution in [0.4, 0.5) is 0 Å². The van der Waals surface area contributed by atoms with E-state index in [4.69, 9.17) is 4.74 Å². The molecule has 0 unspecified atom stereocenters. The van der Waals surface area contributed by atoms with E-state index in [0.717, 1.165) is 27.6 Å². The van der Waals surface area contributed by atoms with Crippen LogP contribution in [0.15, 0.2) is 24.3 Å². The fraction of sp³-hybridized carbons (Fsp3) is 0.154. The summed E-state index contributed by atoms with van der Waals surface area (Å²) in [6, 6.07) is 7.96. The lowest BCUT2D eigenvalue weighted by molar-refractivity contribution is 0.111. The highest BCUT2D eigenvalue weighted by molar-refractivity contribution is 7.25. The minimum absolute atomic E-state index is 0.705. The van der Waals surface area contributed by atoms with Crippen molar-refractivity contribution in [2.45, 2.75) is 0 Å². The maximum absolute atomic E-state index is 10.9. The van der Waals surface area contributed by atoms with Gasteiger partial charge in [-0.15, -0.1) is 11.3 Å². The van der Waals surface area contributed by atoms with Gasteiger partial charge in [0.1, 0.15) is 5.75 Å². The molecule has 0 atom stereocenters. The summed E-state index contributed by atoms with van der Waals surface area (Å²) in [6.07, 6.45) is 0.888. The van der Waals surface area contributed by atoms with Crippen LogP contribution in [-0.2, 0) is 7.05 Å². The number of carbonyl (C=O) groups is 1. The molecule has 0 saturated heterocycles. The molecule has 0 bridgehead atoms. The minimum Gasteiger partial charge on any atom is -0.497 e. The molecule has 2 aromatic heterocycles. The van der Waals surface area contributed by atoms with Crippen molar-refractivity contribution >= 4 is 37.9 Å². The topological polar surface area (TPSA) is 31.2 Å². The predicted octanol–water partition coefficient (Wildman–Crippen LogP) is 3.21. The molecule has 0 saturated carbocycles. The van der Waals surface area contributed by atoms with Crippen LogP contribution in [0.5, 0.6) is 5.75 Å². The molecule has 86 valence electrons. The van der Waals surface area contributed by atoms with Gasteiger partial charge in [-0.05, 0) is 24.3 Å². The van der Waals surface area contributed by atoms with E-state index in [9.17, 15) is 4.79 Å². The van der Waals surface area contributed by atoms with Crippen LogP contribution in [0.25, 0.3) is 20.3 Å². The Labute approximate surface area is 102 Å². The molecule has 0 aliphatic heterocycles. The van der Waals surface area contributed by atoms with Gasteiger partial charge in [-0.2, -0.15) is 0 Å². The summed E-state index contributed by atoms with van der Waals surface area (Å²) >= 11 is 1.70. The van der Waals surface area contributed by atoms with Gasteiger partial charge in [0.2, 0.25) is 0 Å². The first-order valence-electron chi connectivity index (χ1n) is 5.25. The summed E-state index contributed by atoms with van der Waals surface area (Å²) < 4.78 is 9.52. The van der Waals surface area contributed by atoms with Gasteiger partial charge in [-0.25, -0.2) is 0 Å². The second-order valence-electron chi connectivity index (χ2n) is 3.92. The van der Waals surface area contributed by atoms with E-state index in [0.29, 0.717) is 5.69 Å². The van der Waals surface area contributed by atoms with Gasteiger partial charge in [-0.1, -0.05) is 0 Å². The first kappa shape index (κ1) is 10.4. The lowest BCUT2D eigenvalue weighted by Crippen LogP contribution is -1.93. The van der Waals surface area contributed by atoms with E-state index < -0.39 is 0 Å². The molecule has 0 aliphatic rings. The summed E-state index contributed by atoms with van der Waals surface area (Å²) in [7, 11) is 3.57. The Bertz CT molecular complexity index is 724. The maximum Gasteiger partial charge on any atom is 0.166 e. The van der Waals surface area contributed by atoms with Crippen molar-refractivity contribution in [3.63, 3.8) is 0 Å². The number of hydrogen-bond donors (Lipinski definition) is 0. The lowest BCUT2D eigenvalue weighted by atomic mass is 10.2. The molecule has 3 aromatic rings. The number of fused-ring (bicyclic) bond motifs is 3. The molecule has 0 radical (unpaired) electrons. The van der Waals surface area contributed by atoms with Crippen molar-refractivity contribution < 1.29 is 9.53 Å². The number of methoxy groups -OCH3 is 1. The van der Waals surface area contributed by atoms with Crippen molar-refractivity contribution in [2.75, 3.05) is 7.11 Å². The largest absolute Gasteiger partial charge is 0.497 e. The standard InChI is InChI=1S/C13H11NO2S/c1-14-8(7-15)5-12-13(14)10-6-9(16-2)3-4-11(10)17-12/h3-7H,1-2H3. The smallest absolute Gasteiger partial charge is 0.166 e. The zero-order valence-electron chi connectivity index (χ0n) is 9.56. The summed E-state index contributed by atoms with van der Waals surface area (Å²) in [6.45, 7) is 0. The van der Waals surface area contributed by atoms with Crippen LogP contribution in [0.3, 0.4) is 0 Å². The van der Waals surface area contributed by atoms with Crippen LogP contribution in [0.1, 0.15) is 10.5 Å². The highest BCUT2D eigenvalue weighted by Crippen LogP contribution is 2.37. The molecule has 0 aliphatic carbocycles. The molecule has 0 spiro atoms. The Morgan fingerprint density at radius 3 is 2.82 bits per heavy atom. The SMILES string of the molecule is COc1ccc2sc3cc(C=O)n(C)c3c2c1. The van der Waals surface area contributed by atoms with Crippen LogP contribution >= 0.6 is 11.3 Å². The first-order valence-corrected chi connectivity index (χ1v) is 6.07. The number of aryl methyl sites for hydroxylation is 1.